The minimum atomic E-state index is -0.439. The molecular weight excluding hydrogens is 456 g/mol. The molecule has 5 rings (SSSR count). The molecule has 36 heavy (non-hydrogen) atoms. The molecule has 8 nitrogen and oxygen atoms in total. The largest absolute Gasteiger partial charge is 0.492 e. The topological polar surface area (TPSA) is 93.5 Å². The normalized spacial score (nSPS) is 12.6. The molecule has 0 atom stereocenters. The van der Waals surface area contributed by atoms with E-state index < -0.39 is 17.7 Å². The number of fused-ring (bicyclic) bond motifs is 1. The molecule has 1 aliphatic rings. The summed E-state index contributed by atoms with van der Waals surface area (Å²) >= 11 is 0. The van der Waals surface area contributed by atoms with Gasteiger partial charge in [-0.25, -0.2) is 4.90 Å². The molecule has 3 aromatic carbocycles. The fourth-order valence-corrected chi connectivity index (χ4v) is 4.12. The lowest BCUT2D eigenvalue weighted by Gasteiger charge is -2.17. The molecule has 2 heterocycles. The number of ether oxygens (including phenoxy) is 1. The van der Waals surface area contributed by atoms with Gasteiger partial charge in [-0.3, -0.25) is 19.1 Å². The zero-order valence-corrected chi connectivity index (χ0v) is 19.9. The van der Waals surface area contributed by atoms with E-state index in [-0.39, 0.29) is 16.7 Å². The van der Waals surface area contributed by atoms with Gasteiger partial charge in [0.25, 0.3) is 17.7 Å². The first-order valence-corrected chi connectivity index (χ1v) is 11.5. The van der Waals surface area contributed by atoms with E-state index in [2.05, 4.69) is 10.4 Å². The third-order valence-electron chi connectivity index (χ3n) is 5.99. The number of rotatable bonds is 7. The van der Waals surface area contributed by atoms with Gasteiger partial charge in [0.15, 0.2) is 0 Å². The van der Waals surface area contributed by atoms with Gasteiger partial charge in [0.05, 0.1) is 23.4 Å². The lowest BCUT2D eigenvalue weighted by Crippen LogP contribution is -2.30. The number of benzene rings is 3. The highest BCUT2D eigenvalue weighted by Gasteiger charge is 2.37. The summed E-state index contributed by atoms with van der Waals surface area (Å²) in [5, 5.41) is 6.97. The third kappa shape index (κ3) is 4.48. The van der Waals surface area contributed by atoms with Gasteiger partial charge in [-0.15, -0.1) is 0 Å². The molecule has 0 radical (unpaired) electrons. The third-order valence-corrected chi connectivity index (χ3v) is 5.99. The molecule has 8 heteroatoms. The van der Waals surface area contributed by atoms with Crippen molar-refractivity contribution in [3.63, 3.8) is 0 Å². The number of carbonyl (C=O) groups is 3. The quantitative estimate of drug-likeness (QED) is 0.389. The lowest BCUT2D eigenvalue weighted by molar-refractivity contribution is 0.0925. The van der Waals surface area contributed by atoms with Gasteiger partial charge in [-0.2, -0.15) is 5.10 Å². The van der Waals surface area contributed by atoms with Gasteiger partial charge < -0.3 is 10.1 Å². The number of imide groups is 1. The van der Waals surface area contributed by atoms with E-state index in [0.717, 1.165) is 11.1 Å². The summed E-state index contributed by atoms with van der Waals surface area (Å²) in [5.74, 6) is -0.614. The summed E-state index contributed by atoms with van der Waals surface area (Å²) in [6, 6.07) is 19.1. The van der Waals surface area contributed by atoms with Crippen LogP contribution in [0.4, 0.5) is 11.4 Å². The molecule has 0 saturated heterocycles. The molecule has 180 valence electrons. The Balaban J connectivity index is 1.30. The zero-order chi connectivity index (χ0) is 25.2. The molecule has 0 aliphatic carbocycles. The fraction of sp³-hybridized carbons (Fsp3) is 0.143. The maximum absolute atomic E-state index is 13.2. The van der Waals surface area contributed by atoms with Gasteiger partial charge in [0, 0.05) is 29.7 Å². The lowest BCUT2D eigenvalue weighted by atomic mass is 10.1. The maximum Gasteiger partial charge on any atom is 0.266 e. The van der Waals surface area contributed by atoms with Crippen LogP contribution in [0, 0.1) is 13.8 Å². The fourth-order valence-electron chi connectivity index (χ4n) is 4.12. The van der Waals surface area contributed by atoms with Gasteiger partial charge >= 0.3 is 0 Å². The minimum absolute atomic E-state index is 0.212. The predicted molar refractivity (Wildman–Crippen MR) is 136 cm³/mol. The van der Waals surface area contributed by atoms with Crippen LogP contribution in [0.1, 0.15) is 42.2 Å². The van der Waals surface area contributed by atoms with Crippen molar-refractivity contribution < 1.29 is 19.1 Å². The summed E-state index contributed by atoms with van der Waals surface area (Å²) in [7, 11) is 0. The Bertz CT molecular complexity index is 1480. The zero-order valence-electron chi connectivity index (χ0n) is 19.9. The average molecular weight is 481 g/mol. The van der Waals surface area contributed by atoms with Crippen LogP contribution in [-0.2, 0) is 6.54 Å². The van der Waals surface area contributed by atoms with Crippen molar-refractivity contribution >= 4 is 29.1 Å². The van der Waals surface area contributed by atoms with Crippen LogP contribution >= 0.6 is 0 Å². The van der Waals surface area contributed by atoms with Crippen molar-refractivity contribution in [3.05, 3.63) is 107 Å². The van der Waals surface area contributed by atoms with Crippen LogP contribution < -0.4 is 15.0 Å². The van der Waals surface area contributed by atoms with Crippen LogP contribution in [0.2, 0.25) is 0 Å². The molecule has 0 spiro atoms. The molecule has 0 saturated carbocycles. The summed E-state index contributed by atoms with van der Waals surface area (Å²) in [6.45, 7) is 4.79. The molecular formula is C28H24N4O4. The van der Waals surface area contributed by atoms with E-state index in [9.17, 15) is 14.4 Å². The van der Waals surface area contributed by atoms with Gasteiger partial charge in [0.1, 0.15) is 12.4 Å². The highest BCUT2D eigenvalue weighted by molar-refractivity contribution is 6.35. The summed E-state index contributed by atoms with van der Waals surface area (Å²) in [4.78, 5) is 40.4. The second-order valence-corrected chi connectivity index (χ2v) is 8.60. The Kier molecular flexibility index (Phi) is 6.08. The number of aromatic nitrogens is 2. The standard InChI is InChI=1S/C28H24N4O4/c1-18-7-8-19(2)25(15-18)32-27(34)23-10-9-20(16-24(23)28(32)35)26(33)30-21-5-3-6-22(17-21)36-14-13-31-12-4-11-29-31/h3-12,15-17H,13-14H2,1-2H3,(H,30,33). The monoisotopic (exact) mass is 480 g/mol. The number of carbonyl (C=O) groups excluding carboxylic acids is 3. The first-order valence-electron chi connectivity index (χ1n) is 11.5. The smallest absolute Gasteiger partial charge is 0.266 e. The molecule has 1 aromatic heterocycles. The van der Waals surface area contributed by atoms with E-state index in [1.54, 1.807) is 41.2 Å². The van der Waals surface area contributed by atoms with Gasteiger partial charge in [0.2, 0.25) is 0 Å². The number of hydrogen-bond acceptors (Lipinski definition) is 5. The highest BCUT2D eigenvalue weighted by atomic mass is 16.5. The molecule has 0 fully saturated rings. The summed E-state index contributed by atoms with van der Waals surface area (Å²) < 4.78 is 7.54. The number of nitrogens with zero attached hydrogens (tertiary/aromatic N) is 3. The maximum atomic E-state index is 13.2. The molecule has 3 amide bonds. The van der Waals surface area contributed by atoms with E-state index in [0.29, 0.717) is 30.3 Å². The van der Waals surface area contributed by atoms with E-state index in [4.69, 9.17) is 4.74 Å². The van der Waals surface area contributed by atoms with Crippen molar-refractivity contribution in [1.29, 1.82) is 0 Å². The molecule has 1 N–H and O–H groups in total. The van der Waals surface area contributed by atoms with Crippen molar-refractivity contribution in [3.8, 4) is 5.75 Å². The van der Waals surface area contributed by atoms with Gasteiger partial charge in [-0.1, -0.05) is 18.2 Å². The number of anilines is 2. The Hall–Kier alpha value is -4.72. The van der Waals surface area contributed by atoms with Gasteiger partial charge in [-0.05, 0) is 67.4 Å². The Morgan fingerprint density at radius 2 is 1.78 bits per heavy atom. The highest BCUT2D eigenvalue weighted by Crippen LogP contribution is 2.32. The minimum Gasteiger partial charge on any atom is -0.492 e. The predicted octanol–water partition coefficient (Wildman–Crippen LogP) is 4.63. The Labute approximate surface area is 208 Å². The summed E-state index contributed by atoms with van der Waals surface area (Å²) in [5.41, 5.74) is 3.64. The van der Waals surface area contributed by atoms with Crippen LogP contribution in [0.15, 0.2) is 79.1 Å². The number of aryl methyl sites for hydroxylation is 2. The SMILES string of the molecule is Cc1ccc(C)c(N2C(=O)c3ccc(C(=O)Nc4cccc(OCCn5cccn5)c4)cc3C2=O)c1. The van der Waals surface area contributed by atoms with Crippen LogP contribution in [0.5, 0.6) is 5.75 Å². The van der Waals surface area contributed by atoms with Crippen molar-refractivity contribution in [2.24, 2.45) is 0 Å². The van der Waals surface area contributed by atoms with E-state index in [1.165, 1.54) is 17.0 Å². The van der Waals surface area contributed by atoms with Crippen LogP contribution in [-0.4, -0.2) is 34.1 Å². The first-order chi connectivity index (χ1) is 17.4. The van der Waals surface area contributed by atoms with E-state index in [1.807, 2.05) is 44.3 Å². The molecule has 4 aromatic rings. The Morgan fingerprint density at radius 1 is 0.944 bits per heavy atom. The average Bonchev–Trinajstić information content (AvgIpc) is 3.47. The first kappa shape index (κ1) is 23.0. The van der Waals surface area contributed by atoms with Crippen molar-refractivity contribution in [2.75, 3.05) is 16.8 Å². The Morgan fingerprint density at radius 3 is 2.58 bits per heavy atom. The second kappa shape index (κ2) is 9.50. The molecule has 1 aliphatic heterocycles. The van der Waals surface area contributed by atoms with Crippen LogP contribution in [0.3, 0.4) is 0 Å². The van der Waals surface area contributed by atoms with Crippen LogP contribution in [0.25, 0.3) is 0 Å². The summed E-state index contributed by atoms with van der Waals surface area (Å²) in [6.07, 6.45) is 3.57. The molecule has 0 bridgehead atoms. The van der Waals surface area contributed by atoms with Crippen molar-refractivity contribution in [2.45, 2.75) is 20.4 Å². The van der Waals surface area contributed by atoms with E-state index >= 15 is 0 Å². The number of hydrogen-bond donors (Lipinski definition) is 1. The molecule has 0 unspecified atom stereocenters. The van der Waals surface area contributed by atoms with Crippen molar-refractivity contribution in [1.82, 2.24) is 9.78 Å². The number of amides is 3. The second-order valence-electron chi connectivity index (χ2n) is 8.60. The number of nitrogens with one attached hydrogen (secondary N) is 1.